The lowest BCUT2D eigenvalue weighted by molar-refractivity contribution is -0.115. The molecular weight excluding hydrogens is 343 g/mol. The van der Waals surface area contributed by atoms with E-state index in [1.54, 1.807) is 0 Å². The maximum atomic E-state index is 13.2. The highest BCUT2D eigenvalue weighted by Gasteiger charge is 2.15. The van der Waals surface area contributed by atoms with Crippen LogP contribution in [-0.2, 0) is 4.79 Å². The van der Waals surface area contributed by atoms with Gasteiger partial charge in [-0.3, -0.25) is 4.79 Å². The highest BCUT2D eigenvalue weighted by molar-refractivity contribution is 9.10. The molecule has 0 fully saturated rings. The molecule has 0 spiro atoms. The van der Waals surface area contributed by atoms with Gasteiger partial charge in [0, 0.05) is 0 Å². The number of amides is 1. The number of hydrogen-bond acceptors (Lipinski definition) is 3. The quantitative estimate of drug-likeness (QED) is 0.842. The SMILES string of the molecule is CC[C@@H](Br)C(=O)Nc1nc2c(Cl)cc(F)cc2s1. The summed E-state index contributed by atoms with van der Waals surface area (Å²) in [4.78, 5) is 15.6. The number of nitrogens with zero attached hydrogens (tertiary/aromatic N) is 1. The predicted octanol–water partition coefficient (Wildman–Crippen LogP) is 4.20. The van der Waals surface area contributed by atoms with Crippen molar-refractivity contribution in [1.82, 2.24) is 4.98 Å². The molecule has 96 valence electrons. The lowest BCUT2D eigenvalue weighted by Crippen LogP contribution is -2.21. The van der Waals surface area contributed by atoms with E-state index in [1.165, 1.54) is 23.5 Å². The summed E-state index contributed by atoms with van der Waals surface area (Å²) in [6, 6.07) is 2.55. The van der Waals surface area contributed by atoms with Crippen molar-refractivity contribution in [1.29, 1.82) is 0 Å². The van der Waals surface area contributed by atoms with Gasteiger partial charge < -0.3 is 5.32 Å². The zero-order valence-corrected chi connectivity index (χ0v) is 12.5. The van der Waals surface area contributed by atoms with E-state index in [0.29, 0.717) is 21.8 Å². The highest BCUT2D eigenvalue weighted by atomic mass is 79.9. The van der Waals surface area contributed by atoms with Crippen LogP contribution in [0.2, 0.25) is 5.02 Å². The maximum Gasteiger partial charge on any atom is 0.239 e. The number of thiazole rings is 1. The Balaban J connectivity index is 2.31. The zero-order valence-electron chi connectivity index (χ0n) is 9.34. The Hall–Kier alpha value is -0.720. The smallest absolute Gasteiger partial charge is 0.239 e. The third-order valence-corrected chi connectivity index (χ3v) is 4.56. The number of anilines is 1. The van der Waals surface area contributed by atoms with Crippen LogP contribution < -0.4 is 5.32 Å². The van der Waals surface area contributed by atoms with Gasteiger partial charge in [-0.1, -0.05) is 45.8 Å². The number of alkyl halides is 1. The zero-order chi connectivity index (χ0) is 13.3. The van der Waals surface area contributed by atoms with E-state index >= 15 is 0 Å². The van der Waals surface area contributed by atoms with E-state index < -0.39 is 5.82 Å². The number of fused-ring (bicyclic) bond motifs is 1. The summed E-state index contributed by atoms with van der Waals surface area (Å²) < 4.78 is 13.8. The van der Waals surface area contributed by atoms with Crippen molar-refractivity contribution in [2.24, 2.45) is 0 Å². The molecule has 1 amide bonds. The molecule has 1 N–H and O–H groups in total. The molecule has 1 atom stereocenters. The Morgan fingerprint density at radius 2 is 2.39 bits per heavy atom. The Morgan fingerprint density at radius 1 is 1.67 bits per heavy atom. The molecule has 0 radical (unpaired) electrons. The number of nitrogens with one attached hydrogen (secondary N) is 1. The van der Waals surface area contributed by atoms with E-state index in [4.69, 9.17) is 11.6 Å². The number of hydrogen-bond donors (Lipinski definition) is 1. The van der Waals surface area contributed by atoms with Crippen LogP contribution in [0.3, 0.4) is 0 Å². The summed E-state index contributed by atoms with van der Waals surface area (Å²) in [6.07, 6.45) is 0.673. The molecule has 0 bridgehead atoms. The first kappa shape index (κ1) is 13.7. The van der Waals surface area contributed by atoms with Gasteiger partial charge in [-0.2, -0.15) is 0 Å². The average Bonchev–Trinajstić information content (AvgIpc) is 2.70. The number of rotatable bonds is 3. The van der Waals surface area contributed by atoms with Crippen LogP contribution in [0.4, 0.5) is 9.52 Å². The number of benzene rings is 1. The predicted molar refractivity (Wildman–Crippen MR) is 76.2 cm³/mol. The lowest BCUT2D eigenvalue weighted by atomic mass is 10.3. The normalized spacial score (nSPS) is 12.7. The fraction of sp³-hybridized carbons (Fsp3) is 0.273. The molecular formula is C11H9BrClFN2OS. The maximum absolute atomic E-state index is 13.2. The topological polar surface area (TPSA) is 42.0 Å². The van der Waals surface area contributed by atoms with Gasteiger partial charge in [0.1, 0.15) is 11.3 Å². The molecule has 1 aromatic heterocycles. The van der Waals surface area contributed by atoms with Gasteiger partial charge in [0.25, 0.3) is 0 Å². The standard InChI is InChI=1S/C11H9BrClFN2OS/c1-2-6(12)10(17)16-11-15-9-7(13)3-5(14)4-8(9)18-11/h3-4,6H,2H2,1H3,(H,15,16,17)/t6-/m1/s1. The van der Waals surface area contributed by atoms with Crippen molar-refractivity contribution in [2.45, 2.75) is 18.2 Å². The molecule has 0 aliphatic heterocycles. The Bertz CT molecular complexity index is 604. The van der Waals surface area contributed by atoms with Crippen LogP contribution in [0.15, 0.2) is 12.1 Å². The monoisotopic (exact) mass is 350 g/mol. The summed E-state index contributed by atoms with van der Waals surface area (Å²) in [7, 11) is 0. The molecule has 3 nitrogen and oxygen atoms in total. The van der Waals surface area contributed by atoms with Gasteiger partial charge in [0.15, 0.2) is 5.13 Å². The van der Waals surface area contributed by atoms with Crippen LogP contribution in [0.1, 0.15) is 13.3 Å². The van der Waals surface area contributed by atoms with E-state index in [0.717, 1.165) is 0 Å². The first-order valence-electron chi connectivity index (χ1n) is 5.21. The molecule has 1 aromatic carbocycles. The Kier molecular flexibility index (Phi) is 4.19. The number of carbonyl (C=O) groups is 1. The van der Waals surface area contributed by atoms with Crippen LogP contribution in [0.5, 0.6) is 0 Å². The van der Waals surface area contributed by atoms with Crippen LogP contribution >= 0.6 is 38.9 Å². The van der Waals surface area contributed by atoms with E-state index in [9.17, 15) is 9.18 Å². The van der Waals surface area contributed by atoms with Crippen molar-refractivity contribution >= 4 is 60.1 Å². The van der Waals surface area contributed by atoms with Crippen LogP contribution in [-0.4, -0.2) is 15.7 Å². The molecule has 7 heteroatoms. The van der Waals surface area contributed by atoms with Gasteiger partial charge in [0.2, 0.25) is 5.91 Å². The van der Waals surface area contributed by atoms with E-state index in [1.807, 2.05) is 6.92 Å². The van der Waals surface area contributed by atoms with E-state index in [2.05, 4.69) is 26.2 Å². The Morgan fingerprint density at radius 3 is 3.06 bits per heavy atom. The van der Waals surface area contributed by atoms with Gasteiger partial charge in [-0.05, 0) is 18.6 Å². The molecule has 2 rings (SSSR count). The van der Waals surface area contributed by atoms with Crippen molar-refractivity contribution in [3.63, 3.8) is 0 Å². The molecule has 0 saturated carbocycles. The molecule has 0 saturated heterocycles. The van der Waals surface area contributed by atoms with E-state index in [-0.39, 0.29) is 15.8 Å². The summed E-state index contributed by atoms with van der Waals surface area (Å²) >= 11 is 10.3. The molecule has 1 heterocycles. The summed E-state index contributed by atoms with van der Waals surface area (Å²) in [6.45, 7) is 1.89. The largest absolute Gasteiger partial charge is 0.301 e. The minimum Gasteiger partial charge on any atom is -0.301 e. The summed E-state index contributed by atoms with van der Waals surface area (Å²) in [5.41, 5.74) is 0.501. The van der Waals surface area contributed by atoms with Gasteiger partial charge in [-0.15, -0.1) is 0 Å². The molecule has 0 aliphatic carbocycles. The fourth-order valence-corrected chi connectivity index (χ4v) is 2.72. The second kappa shape index (κ2) is 5.50. The van der Waals surface area contributed by atoms with Crippen LogP contribution in [0.25, 0.3) is 10.2 Å². The fourth-order valence-electron chi connectivity index (χ4n) is 1.38. The van der Waals surface area contributed by atoms with Crippen LogP contribution in [0, 0.1) is 5.82 Å². The Labute approximate surface area is 120 Å². The third kappa shape index (κ3) is 2.81. The van der Waals surface area contributed by atoms with Gasteiger partial charge in [0.05, 0.1) is 14.5 Å². The summed E-state index contributed by atoms with van der Waals surface area (Å²) in [5.74, 6) is -0.589. The second-order valence-electron chi connectivity index (χ2n) is 3.62. The third-order valence-electron chi connectivity index (χ3n) is 2.29. The minimum atomic E-state index is -0.416. The van der Waals surface area contributed by atoms with Gasteiger partial charge >= 0.3 is 0 Å². The van der Waals surface area contributed by atoms with Crippen molar-refractivity contribution < 1.29 is 9.18 Å². The number of halogens is 3. The number of aromatic nitrogens is 1. The molecule has 2 aromatic rings. The first-order chi connectivity index (χ1) is 8.51. The first-order valence-corrected chi connectivity index (χ1v) is 7.32. The second-order valence-corrected chi connectivity index (χ2v) is 6.16. The minimum absolute atomic E-state index is 0.173. The average molecular weight is 352 g/mol. The molecule has 0 unspecified atom stereocenters. The van der Waals surface area contributed by atoms with Crippen molar-refractivity contribution in [3.05, 3.63) is 23.0 Å². The van der Waals surface area contributed by atoms with Crippen molar-refractivity contribution in [2.75, 3.05) is 5.32 Å². The highest BCUT2D eigenvalue weighted by Crippen LogP contribution is 2.32. The molecule has 18 heavy (non-hydrogen) atoms. The van der Waals surface area contributed by atoms with Gasteiger partial charge in [-0.25, -0.2) is 9.37 Å². The van der Waals surface area contributed by atoms with Crippen molar-refractivity contribution in [3.8, 4) is 0 Å². The summed E-state index contributed by atoms with van der Waals surface area (Å²) in [5, 5.41) is 3.33. The number of carbonyl (C=O) groups excluding carboxylic acids is 1. The lowest BCUT2D eigenvalue weighted by Gasteiger charge is -2.04. The molecule has 0 aliphatic rings.